The molecule has 2 atom stereocenters. The highest BCUT2D eigenvalue weighted by atomic mass is 32.2. The monoisotopic (exact) mass is 394 g/mol. The van der Waals surface area contributed by atoms with E-state index in [2.05, 4.69) is 0 Å². The maximum absolute atomic E-state index is 8.93. The lowest BCUT2D eigenvalue weighted by atomic mass is 10.5. The van der Waals surface area contributed by atoms with E-state index in [1.165, 1.54) is 47.0 Å². The van der Waals surface area contributed by atoms with Gasteiger partial charge in [-0.25, -0.2) is 0 Å². The van der Waals surface area contributed by atoms with Crippen LogP contribution in [-0.4, -0.2) is 92.6 Å². The molecule has 0 radical (unpaired) electrons. The number of aliphatic hydroxyl groups is 4. The Bertz CT molecular complexity index is 206. The molecule has 0 aromatic heterocycles. The normalized spacial score (nSPS) is 14.2. The highest BCUT2D eigenvalue weighted by Gasteiger charge is 2.10. The molecule has 4 N–H and O–H groups in total. The topological polar surface area (TPSA) is 99.4 Å². The van der Waals surface area contributed by atoms with Gasteiger partial charge in [-0.2, -0.15) is 0 Å². The Morgan fingerprint density at radius 2 is 1.05 bits per heavy atom. The number of hydrogen-bond acceptors (Lipinski definition) is 10. The van der Waals surface area contributed by atoms with E-state index in [-0.39, 0.29) is 34.3 Å². The number of aliphatic hydroxyl groups excluding tert-OH is 4. The van der Waals surface area contributed by atoms with Gasteiger partial charge in [0.1, 0.15) is 0 Å². The molecule has 0 aliphatic rings. The second-order valence-electron chi connectivity index (χ2n) is 3.99. The number of hydrogen-bond donors (Lipinski definition) is 4. The van der Waals surface area contributed by atoms with Crippen molar-refractivity contribution >= 4 is 47.0 Å². The molecule has 0 aliphatic carbocycles. The van der Waals surface area contributed by atoms with Gasteiger partial charge in [0.2, 0.25) is 0 Å². The zero-order chi connectivity index (χ0) is 16.5. The smallest absolute Gasteiger partial charge is 0.0889 e. The number of thioether (sulfide) groups is 4. The average Bonchev–Trinajstić information content (AvgIpc) is 2.53. The van der Waals surface area contributed by atoms with Crippen molar-refractivity contribution < 1.29 is 29.9 Å². The molecule has 22 heavy (non-hydrogen) atoms. The third kappa shape index (κ3) is 14.7. The Balaban J connectivity index is 3.63. The van der Waals surface area contributed by atoms with Crippen molar-refractivity contribution in [3.63, 3.8) is 0 Å². The SMILES string of the molecule is OCSCC(COCCOCC(CSCO)SCO)SCO. The molecule has 2 unspecified atom stereocenters. The fourth-order valence-electron chi connectivity index (χ4n) is 1.42. The standard InChI is InChI=1S/C12H26O6S4/c13-7-19-5-11(21-9-15)3-17-1-2-18-4-12(22-10-16)6-20-8-14/h11-16H,1-10H2. The van der Waals surface area contributed by atoms with Gasteiger partial charge in [-0.05, 0) is 0 Å². The van der Waals surface area contributed by atoms with E-state index in [0.29, 0.717) is 26.4 Å². The van der Waals surface area contributed by atoms with Crippen LogP contribution >= 0.6 is 47.0 Å². The molecule has 0 heterocycles. The van der Waals surface area contributed by atoms with Gasteiger partial charge in [0.25, 0.3) is 0 Å². The molecule has 0 rings (SSSR count). The summed E-state index contributed by atoms with van der Waals surface area (Å²) < 4.78 is 11.0. The van der Waals surface area contributed by atoms with Gasteiger partial charge < -0.3 is 29.9 Å². The molecular formula is C12H26O6S4. The van der Waals surface area contributed by atoms with Gasteiger partial charge in [-0.3, -0.25) is 0 Å². The number of rotatable bonds is 17. The van der Waals surface area contributed by atoms with Crippen molar-refractivity contribution in [2.24, 2.45) is 0 Å². The Morgan fingerprint density at radius 1 is 0.636 bits per heavy atom. The third-order valence-electron chi connectivity index (χ3n) is 2.39. The fraction of sp³-hybridized carbons (Fsp3) is 1.00. The molecule has 0 bridgehead atoms. The predicted octanol–water partition coefficient (Wildman–Crippen LogP) is 0.489. The largest absolute Gasteiger partial charge is 0.386 e. The van der Waals surface area contributed by atoms with Crippen LogP contribution in [0, 0.1) is 0 Å². The molecule has 134 valence electrons. The van der Waals surface area contributed by atoms with Crippen LogP contribution < -0.4 is 0 Å². The Kier molecular flexibility index (Phi) is 19.5. The summed E-state index contributed by atoms with van der Waals surface area (Å²) in [6.07, 6.45) is 0. The van der Waals surface area contributed by atoms with Gasteiger partial charge >= 0.3 is 0 Å². The van der Waals surface area contributed by atoms with Crippen LogP contribution in [0.25, 0.3) is 0 Å². The molecule has 0 fully saturated rings. The Labute approximate surface area is 149 Å². The van der Waals surface area contributed by atoms with Crippen LogP contribution in [0.3, 0.4) is 0 Å². The van der Waals surface area contributed by atoms with Crippen molar-refractivity contribution in [3.8, 4) is 0 Å². The van der Waals surface area contributed by atoms with Gasteiger partial charge in [0, 0.05) is 22.0 Å². The van der Waals surface area contributed by atoms with Crippen LogP contribution in [0.4, 0.5) is 0 Å². The van der Waals surface area contributed by atoms with Gasteiger partial charge in [0.05, 0.1) is 50.2 Å². The molecule has 0 saturated carbocycles. The van der Waals surface area contributed by atoms with E-state index in [1.807, 2.05) is 0 Å². The average molecular weight is 395 g/mol. The van der Waals surface area contributed by atoms with Gasteiger partial charge in [0.15, 0.2) is 0 Å². The van der Waals surface area contributed by atoms with E-state index in [0.717, 1.165) is 11.5 Å². The van der Waals surface area contributed by atoms with Crippen molar-refractivity contribution in [1.82, 2.24) is 0 Å². The minimum absolute atomic E-state index is 0.0408. The van der Waals surface area contributed by atoms with Crippen molar-refractivity contribution in [2.75, 3.05) is 61.7 Å². The molecule has 0 amide bonds. The van der Waals surface area contributed by atoms with Crippen LogP contribution in [0.15, 0.2) is 0 Å². The zero-order valence-electron chi connectivity index (χ0n) is 12.5. The van der Waals surface area contributed by atoms with E-state index in [1.54, 1.807) is 0 Å². The second-order valence-corrected chi connectivity index (χ2v) is 8.50. The maximum Gasteiger partial charge on any atom is 0.0889 e. The predicted molar refractivity (Wildman–Crippen MR) is 97.7 cm³/mol. The summed E-state index contributed by atoms with van der Waals surface area (Å²) in [4.78, 5) is 0. The molecule has 0 spiro atoms. The Morgan fingerprint density at radius 3 is 1.36 bits per heavy atom. The lowest BCUT2D eigenvalue weighted by Crippen LogP contribution is -2.20. The summed E-state index contributed by atoms with van der Waals surface area (Å²) in [6.45, 7) is 1.96. The first-order chi connectivity index (χ1) is 10.8. The van der Waals surface area contributed by atoms with E-state index < -0.39 is 0 Å². The van der Waals surface area contributed by atoms with Crippen molar-refractivity contribution in [3.05, 3.63) is 0 Å². The van der Waals surface area contributed by atoms with Crippen molar-refractivity contribution in [1.29, 1.82) is 0 Å². The Hall–Kier alpha value is 1.16. The number of ether oxygens (including phenoxy) is 2. The summed E-state index contributed by atoms with van der Waals surface area (Å²) in [5, 5.41) is 35.7. The van der Waals surface area contributed by atoms with E-state index in [4.69, 9.17) is 29.9 Å². The highest BCUT2D eigenvalue weighted by molar-refractivity contribution is 8.03. The quantitative estimate of drug-likeness (QED) is 0.206. The summed E-state index contributed by atoms with van der Waals surface area (Å²) in [5.41, 5.74) is 0. The second kappa shape index (κ2) is 18.5. The molecule has 0 saturated heterocycles. The molecule has 0 aromatic rings. The summed E-state index contributed by atoms with van der Waals surface area (Å²) in [5.74, 6) is 1.69. The first kappa shape index (κ1) is 23.2. The van der Waals surface area contributed by atoms with Gasteiger partial charge in [-0.15, -0.1) is 47.0 Å². The molecular weight excluding hydrogens is 368 g/mol. The highest BCUT2D eigenvalue weighted by Crippen LogP contribution is 2.16. The minimum atomic E-state index is 0.0408. The third-order valence-corrected chi connectivity index (χ3v) is 6.30. The fourth-order valence-corrected chi connectivity index (χ4v) is 4.50. The maximum atomic E-state index is 8.93. The summed E-state index contributed by atoms with van der Waals surface area (Å²) in [6, 6.07) is 0. The molecule has 10 heteroatoms. The van der Waals surface area contributed by atoms with E-state index in [9.17, 15) is 0 Å². The molecule has 0 aliphatic heterocycles. The van der Waals surface area contributed by atoms with Crippen LogP contribution in [-0.2, 0) is 9.47 Å². The minimum Gasteiger partial charge on any atom is -0.386 e. The summed E-state index contributed by atoms with van der Waals surface area (Å²) in [7, 11) is 0. The first-order valence-electron chi connectivity index (χ1n) is 6.76. The van der Waals surface area contributed by atoms with Crippen LogP contribution in [0.5, 0.6) is 0 Å². The van der Waals surface area contributed by atoms with Crippen LogP contribution in [0.1, 0.15) is 0 Å². The molecule has 6 nitrogen and oxygen atoms in total. The molecule has 0 aromatic carbocycles. The van der Waals surface area contributed by atoms with Gasteiger partial charge in [-0.1, -0.05) is 0 Å². The van der Waals surface area contributed by atoms with Crippen LogP contribution in [0.2, 0.25) is 0 Å². The zero-order valence-corrected chi connectivity index (χ0v) is 15.7. The first-order valence-corrected chi connectivity index (χ1v) is 11.2. The lowest BCUT2D eigenvalue weighted by Gasteiger charge is -2.16. The van der Waals surface area contributed by atoms with E-state index >= 15 is 0 Å². The van der Waals surface area contributed by atoms with Crippen molar-refractivity contribution in [2.45, 2.75) is 10.5 Å². The lowest BCUT2D eigenvalue weighted by molar-refractivity contribution is 0.0511. The summed E-state index contributed by atoms with van der Waals surface area (Å²) >= 11 is 5.61.